The van der Waals surface area contributed by atoms with Gasteiger partial charge in [-0.2, -0.15) is 5.10 Å². The molecule has 1 aromatic heterocycles. The van der Waals surface area contributed by atoms with E-state index in [0.717, 1.165) is 19.4 Å². The summed E-state index contributed by atoms with van der Waals surface area (Å²) in [6, 6.07) is -0.354. The highest BCUT2D eigenvalue weighted by atomic mass is 16.3. The monoisotopic (exact) mass is 224 g/mol. The van der Waals surface area contributed by atoms with E-state index in [1.165, 1.54) is 17.3 Å². The van der Waals surface area contributed by atoms with Crippen LogP contribution in [0, 0.1) is 0 Å². The van der Waals surface area contributed by atoms with Gasteiger partial charge in [-0.05, 0) is 19.8 Å². The molecule has 1 aromatic rings. The quantitative estimate of drug-likeness (QED) is 0.756. The molecule has 1 fully saturated rings. The Labute approximate surface area is 93.9 Å². The molecule has 1 aliphatic heterocycles. The van der Waals surface area contributed by atoms with Crippen LogP contribution in [-0.2, 0) is 4.79 Å². The van der Waals surface area contributed by atoms with Crippen molar-refractivity contribution in [3.8, 4) is 0 Å². The molecule has 0 aliphatic carbocycles. The third-order valence-electron chi connectivity index (χ3n) is 2.90. The summed E-state index contributed by atoms with van der Waals surface area (Å²) < 4.78 is 1.53. The van der Waals surface area contributed by atoms with Crippen LogP contribution in [0.3, 0.4) is 0 Å². The summed E-state index contributed by atoms with van der Waals surface area (Å²) >= 11 is 0. The van der Waals surface area contributed by atoms with Crippen molar-refractivity contribution in [3.05, 3.63) is 12.7 Å². The first-order chi connectivity index (χ1) is 7.68. The highest BCUT2D eigenvalue weighted by Gasteiger charge is 2.26. The molecule has 1 aliphatic rings. The Hall–Kier alpha value is -1.43. The summed E-state index contributed by atoms with van der Waals surface area (Å²) in [4.78, 5) is 17.6. The molecule has 88 valence electrons. The molecule has 0 bridgehead atoms. The molecule has 0 radical (unpaired) electrons. The van der Waals surface area contributed by atoms with Gasteiger partial charge < -0.3 is 10.0 Å². The van der Waals surface area contributed by atoms with Gasteiger partial charge in [0, 0.05) is 13.1 Å². The molecule has 6 nitrogen and oxygen atoms in total. The second-order valence-corrected chi connectivity index (χ2v) is 4.13. The number of amides is 1. The van der Waals surface area contributed by atoms with Crippen molar-refractivity contribution >= 4 is 5.91 Å². The van der Waals surface area contributed by atoms with Crippen molar-refractivity contribution < 1.29 is 9.90 Å². The number of nitrogens with zero attached hydrogens (tertiary/aromatic N) is 4. The minimum Gasteiger partial charge on any atom is -0.391 e. The summed E-state index contributed by atoms with van der Waals surface area (Å²) in [5.41, 5.74) is 0. The fourth-order valence-corrected chi connectivity index (χ4v) is 1.95. The molecule has 1 N–H and O–H groups in total. The number of aromatic nitrogens is 3. The van der Waals surface area contributed by atoms with Gasteiger partial charge in [0.2, 0.25) is 5.91 Å². The van der Waals surface area contributed by atoms with Gasteiger partial charge in [0.25, 0.3) is 0 Å². The highest BCUT2D eigenvalue weighted by Crippen LogP contribution is 2.14. The van der Waals surface area contributed by atoms with E-state index in [9.17, 15) is 9.90 Å². The second kappa shape index (κ2) is 4.61. The smallest absolute Gasteiger partial charge is 0.247 e. The van der Waals surface area contributed by atoms with Gasteiger partial charge in [-0.1, -0.05) is 0 Å². The molecule has 2 rings (SSSR count). The van der Waals surface area contributed by atoms with E-state index in [4.69, 9.17) is 0 Å². The number of hydrogen-bond acceptors (Lipinski definition) is 4. The lowest BCUT2D eigenvalue weighted by molar-refractivity contribution is -0.137. The molecule has 0 spiro atoms. The number of hydrogen-bond donors (Lipinski definition) is 1. The molecule has 0 saturated carbocycles. The zero-order valence-corrected chi connectivity index (χ0v) is 9.28. The zero-order valence-electron chi connectivity index (χ0n) is 9.28. The van der Waals surface area contributed by atoms with Gasteiger partial charge in [-0.3, -0.25) is 4.79 Å². The molecule has 1 amide bonds. The summed E-state index contributed by atoms with van der Waals surface area (Å²) in [5.74, 6) is -0.00995. The molecular formula is C10H16N4O2. The number of carbonyl (C=O) groups excluding carboxylic acids is 1. The van der Waals surface area contributed by atoms with E-state index in [1.54, 1.807) is 11.8 Å². The molecular weight excluding hydrogens is 208 g/mol. The van der Waals surface area contributed by atoms with Crippen molar-refractivity contribution in [1.29, 1.82) is 0 Å². The SMILES string of the molecule is CC(C(=O)N1CCC[C@H](O)C1)n1cncn1. The summed E-state index contributed by atoms with van der Waals surface area (Å²) in [5, 5.41) is 13.5. The first kappa shape index (κ1) is 11.1. The fourth-order valence-electron chi connectivity index (χ4n) is 1.95. The number of β-amino-alcohol motifs (C(OH)–C–C–N with tert-alkyl or cyclic N) is 1. The Bertz CT molecular complexity index is 352. The van der Waals surface area contributed by atoms with E-state index < -0.39 is 0 Å². The molecule has 1 saturated heterocycles. The van der Waals surface area contributed by atoms with E-state index in [1.807, 2.05) is 0 Å². The molecule has 1 unspecified atom stereocenters. The maximum atomic E-state index is 12.1. The second-order valence-electron chi connectivity index (χ2n) is 4.13. The van der Waals surface area contributed by atoms with Gasteiger partial charge in [0.15, 0.2) is 0 Å². The first-order valence-corrected chi connectivity index (χ1v) is 5.49. The zero-order chi connectivity index (χ0) is 11.5. The Morgan fingerprint density at radius 1 is 1.62 bits per heavy atom. The number of rotatable bonds is 2. The maximum Gasteiger partial charge on any atom is 0.247 e. The average Bonchev–Trinajstić information content (AvgIpc) is 2.80. The normalized spacial score (nSPS) is 23.1. The van der Waals surface area contributed by atoms with Crippen molar-refractivity contribution in [1.82, 2.24) is 19.7 Å². The Morgan fingerprint density at radius 2 is 2.44 bits per heavy atom. The van der Waals surface area contributed by atoms with Crippen LogP contribution in [0.1, 0.15) is 25.8 Å². The van der Waals surface area contributed by atoms with Crippen LogP contribution in [-0.4, -0.2) is 49.9 Å². The fraction of sp³-hybridized carbons (Fsp3) is 0.700. The van der Waals surface area contributed by atoms with Crippen LogP contribution in [0.4, 0.5) is 0 Å². The van der Waals surface area contributed by atoms with Gasteiger partial charge >= 0.3 is 0 Å². The molecule has 2 heterocycles. The van der Waals surface area contributed by atoms with Gasteiger partial charge in [-0.25, -0.2) is 9.67 Å². The number of carbonyl (C=O) groups is 1. The van der Waals surface area contributed by atoms with Crippen LogP contribution < -0.4 is 0 Å². The van der Waals surface area contributed by atoms with Gasteiger partial charge in [0.1, 0.15) is 18.7 Å². The molecule has 16 heavy (non-hydrogen) atoms. The van der Waals surface area contributed by atoms with E-state index >= 15 is 0 Å². The average molecular weight is 224 g/mol. The lowest BCUT2D eigenvalue weighted by Gasteiger charge is -2.31. The molecule has 0 aromatic carbocycles. The highest BCUT2D eigenvalue weighted by molar-refractivity contribution is 5.80. The lowest BCUT2D eigenvalue weighted by atomic mass is 10.1. The summed E-state index contributed by atoms with van der Waals surface area (Å²) in [6.45, 7) is 2.94. The lowest BCUT2D eigenvalue weighted by Crippen LogP contribution is -2.44. The largest absolute Gasteiger partial charge is 0.391 e. The van der Waals surface area contributed by atoms with E-state index in [2.05, 4.69) is 10.1 Å². The van der Waals surface area contributed by atoms with Crippen LogP contribution in [0.25, 0.3) is 0 Å². The Balaban J connectivity index is 2.01. The van der Waals surface area contributed by atoms with Crippen molar-refractivity contribution in [2.45, 2.75) is 31.9 Å². The predicted molar refractivity (Wildman–Crippen MR) is 56.6 cm³/mol. The molecule has 6 heteroatoms. The Kier molecular flexibility index (Phi) is 3.19. The number of piperidine rings is 1. The van der Waals surface area contributed by atoms with Gasteiger partial charge in [-0.15, -0.1) is 0 Å². The predicted octanol–water partition coefficient (Wildman–Crippen LogP) is -0.178. The minimum absolute atomic E-state index is 0.00995. The van der Waals surface area contributed by atoms with Crippen molar-refractivity contribution in [3.63, 3.8) is 0 Å². The topological polar surface area (TPSA) is 71.2 Å². The van der Waals surface area contributed by atoms with Crippen LogP contribution in [0.5, 0.6) is 0 Å². The minimum atomic E-state index is -0.388. The third kappa shape index (κ3) is 2.21. The maximum absolute atomic E-state index is 12.1. The Morgan fingerprint density at radius 3 is 3.06 bits per heavy atom. The number of aliphatic hydroxyl groups is 1. The number of aliphatic hydroxyl groups excluding tert-OH is 1. The van der Waals surface area contributed by atoms with Crippen LogP contribution >= 0.6 is 0 Å². The van der Waals surface area contributed by atoms with E-state index in [0.29, 0.717) is 6.54 Å². The van der Waals surface area contributed by atoms with E-state index in [-0.39, 0.29) is 18.1 Å². The first-order valence-electron chi connectivity index (χ1n) is 5.49. The van der Waals surface area contributed by atoms with Crippen molar-refractivity contribution in [2.75, 3.05) is 13.1 Å². The summed E-state index contributed by atoms with van der Waals surface area (Å²) in [6.07, 6.45) is 4.19. The molecule has 2 atom stereocenters. The number of likely N-dealkylation sites (tertiary alicyclic amines) is 1. The third-order valence-corrected chi connectivity index (χ3v) is 2.90. The summed E-state index contributed by atoms with van der Waals surface area (Å²) in [7, 11) is 0. The van der Waals surface area contributed by atoms with Gasteiger partial charge in [0.05, 0.1) is 6.10 Å². The van der Waals surface area contributed by atoms with Crippen LogP contribution in [0.15, 0.2) is 12.7 Å². The standard InChI is InChI=1S/C10H16N4O2/c1-8(14-7-11-6-12-14)10(16)13-4-2-3-9(15)5-13/h6-9,15H,2-5H2,1H3/t8?,9-/m0/s1. The van der Waals surface area contributed by atoms with Crippen LogP contribution in [0.2, 0.25) is 0 Å². The van der Waals surface area contributed by atoms with Crippen molar-refractivity contribution in [2.24, 2.45) is 0 Å².